The second kappa shape index (κ2) is 4.31. The third-order valence-electron chi connectivity index (χ3n) is 5.09. The van der Waals surface area contributed by atoms with Gasteiger partial charge < -0.3 is 5.32 Å². The maximum atomic E-state index is 4.18. The molecule has 1 N–H and O–H groups in total. The van der Waals surface area contributed by atoms with Gasteiger partial charge in [0.05, 0.1) is 0 Å². The van der Waals surface area contributed by atoms with E-state index in [4.69, 9.17) is 0 Å². The average Bonchev–Trinajstić information content (AvgIpc) is 2.25. The number of pyridine rings is 1. The molecule has 104 valence electrons. The van der Waals surface area contributed by atoms with Gasteiger partial charge in [-0.05, 0) is 69.6 Å². The minimum atomic E-state index is 0.197. The standard InChI is InChI=1S/C17H26N2/c1-15(2,3)19-13-17(14-5-9-18-10-6-14)11-16(12-17)7-4-8-16/h5-6,9-10,19H,4,7-8,11-13H2,1-3H3. The summed E-state index contributed by atoms with van der Waals surface area (Å²) in [6.07, 6.45) is 11.0. The summed E-state index contributed by atoms with van der Waals surface area (Å²) in [6, 6.07) is 4.44. The Balaban J connectivity index is 1.77. The van der Waals surface area contributed by atoms with Crippen LogP contribution >= 0.6 is 0 Å². The molecular weight excluding hydrogens is 232 g/mol. The molecule has 0 aromatic carbocycles. The number of nitrogens with zero attached hydrogens (tertiary/aromatic N) is 1. The van der Waals surface area contributed by atoms with E-state index in [-0.39, 0.29) is 5.54 Å². The number of aromatic nitrogens is 1. The van der Waals surface area contributed by atoms with Crippen molar-refractivity contribution in [1.29, 1.82) is 0 Å². The van der Waals surface area contributed by atoms with Crippen molar-refractivity contribution in [2.75, 3.05) is 6.54 Å². The van der Waals surface area contributed by atoms with E-state index in [2.05, 4.69) is 43.2 Å². The molecule has 3 rings (SSSR count). The number of rotatable bonds is 3. The smallest absolute Gasteiger partial charge is 0.0270 e. The Kier molecular flexibility index (Phi) is 2.97. The summed E-state index contributed by atoms with van der Waals surface area (Å²) in [5.41, 5.74) is 2.73. The monoisotopic (exact) mass is 258 g/mol. The third-order valence-corrected chi connectivity index (χ3v) is 5.09. The first-order valence-electron chi connectivity index (χ1n) is 7.59. The quantitative estimate of drug-likeness (QED) is 0.894. The molecule has 2 fully saturated rings. The van der Waals surface area contributed by atoms with Crippen LogP contribution < -0.4 is 5.32 Å². The van der Waals surface area contributed by atoms with Crippen molar-refractivity contribution in [3.63, 3.8) is 0 Å². The number of hydrogen-bond donors (Lipinski definition) is 1. The van der Waals surface area contributed by atoms with Gasteiger partial charge >= 0.3 is 0 Å². The van der Waals surface area contributed by atoms with Gasteiger partial charge in [-0.15, -0.1) is 0 Å². The van der Waals surface area contributed by atoms with Crippen LogP contribution in [0.3, 0.4) is 0 Å². The van der Waals surface area contributed by atoms with Crippen LogP contribution in [0.5, 0.6) is 0 Å². The van der Waals surface area contributed by atoms with Crippen molar-refractivity contribution in [2.45, 2.75) is 63.8 Å². The zero-order valence-electron chi connectivity index (χ0n) is 12.5. The predicted molar refractivity (Wildman–Crippen MR) is 79.2 cm³/mol. The first-order chi connectivity index (χ1) is 8.93. The van der Waals surface area contributed by atoms with Crippen molar-refractivity contribution in [3.05, 3.63) is 30.1 Å². The Labute approximate surface area is 117 Å². The van der Waals surface area contributed by atoms with Crippen LogP contribution in [0.15, 0.2) is 24.5 Å². The molecule has 0 saturated heterocycles. The van der Waals surface area contributed by atoms with Crippen molar-refractivity contribution in [2.24, 2.45) is 5.41 Å². The maximum Gasteiger partial charge on any atom is 0.0270 e. The van der Waals surface area contributed by atoms with Gasteiger partial charge in [-0.1, -0.05) is 6.42 Å². The lowest BCUT2D eigenvalue weighted by Gasteiger charge is -2.62. The Bertz CT molecular complexity index is 432. The van der Waals surface area contributed by atoms with Crippen molar-refractivity contribution >= 4 is 0 Å². The molecule has 1 aromatic rings. The topological polar surface area (TPSA) is 24.9 Å². The van der Waals surface area contributed by atoms with Gasteiger partial charge in [-0.2, -0.15) is 0 Å². The minimum Gasteiger partial charge on any atom is -0.311 e. The van der Waals surface area contributed by atoms with E-state index in [0.717, 1.165) is 6.54 Å². The normalized spacial score (nSPS) is 23.7. The van der Waals surface area contributed by atoms with Gasteiger partial charge in [0.15, 0.2) is 0 Å². The molecule has 2 nitrogen and oxygen atoms in total. The Hall–Kier alpha value is -0.890. The van der Waals surface area contributed by atoms with E-state index >= 15 is 0 Å². The second-order valence-corrected chi connectivity index (χ2v) is 7.83. The largest absolute Gasteiger partial charge is 0.311 e. The molecule has 0 atom stereocenters. The molecule has 19 heavy (non-hydrogen) atoms. The minimum absolute atomic E-state index is 0.197. The molecule has 1 aromatic heterocycles. The summed E-state index contributed by atoms with van der Waals surface area (Å²) < 4.78 is 0. The van der Waals surface area contributed by atoms with Gasteiger partial charge in [-0.3, -0.25) is 4.98 Å². The fourth-order valence-electron chi connectivity index (χ4n) is 3.99. The van der Waals surface area contributed by atoms with Crippen molar-refractivity contribution in [1.82, 2.24) is 10.3 Å². The van der Waals surface area contributed by atoms with Crippen LogP contribution in [-0.4, -0.2) is 17.1 Å². The van der Waals surface area contributed by atoms with Gasteiger partial charge in [0.1, 0.15) is 0 Å². The van der Waals surface area contributed by atoms with Crippen LogP contribution in [0, 0.1) is 5.41 Å². The average molecular weight is 258 g/mol. The zero-order valence-corrected chi connectivity index (χ0v) is 12.5. The Morgan fingerprint density at radius 1 is 1.16 bits per heavy atom. The molecule has 2 saturated carbocycles. The van der Waals surface area contributed by atoms with E-state index in [0.29, 0.717) is 10.8 Å². The summed E-state index contributed by atoms with van der Waals surface area (Å²) in [5.74, 6) is 0. The van der Waals surface area contributed by atoms with Gasteiger partial charge in [0, 0.05) is 29.9 Å². The molecule has 1 spiro atoms. The van der Waals surface area contributed by atoms with Crippen LogP contribution in [0.1, 0.15) is 58.4 Å². The molecule has 0 unspecified atom stereocenters. The highest BCUT2D eigenvalue weighted by atomic mass is 15.0. The highest BCUT2D eigenvalue weighted by Crippen LogP contribution is 2.64. The first kappa shape index (κ1) is 13.1. The zero-order chi connectivity index (χ0) is 13.6. The van der Waals surface area contributed by atoms with Crippen LogP contribution in [0.25, 0.3) is 0 Å². The summed E-state index contributed by atoms with van der Waals surface area (Å²) >= 11 is 0. The van der Waals surface area contributed by atoms with Crippen LogP contribution in [-0.2, 0) is 5.41 Å². The lowest BCUT2D eigenvalue weighted by molar-refractivity contribution is -0.0503. The Morgan fingerprint density at radius 3 is 2.26 bits per heavy atom. The van der Waals surface area contributed by atoms with E-state index in [1.165, 1.54) is 37.7 Å². The summed E-state index contributed by atoms with van der Waals surface area (Å²) in [5, 5.41) is 3.73. The summed E-state index contributed by atoms with van der Waals surface area (Å²) in [7, 11) is 0. The molecule has 0 bridgehead atoms. The van der Waals surface area contributed by atoms with Gasteiger partial charge in [-0.25, -0.2) is 0 Å². The SMILES string of the molecule is CC(C)(C)NCC1(c2ccncc2)CC2(CCC2)C1. The maximum absolute atomic E-state index is 4.18. The van der Waals surface area contributed by atoms with E-state index in [1.54, 1.807) is 0 Å². The van der Waals surface area contributed by atoms with Crippen LogP contribution in [0.4, 0.5) is 0 Å². The molecule has 1 heterocycles. The molecular formula is C17H26N2. The molecule has 0 amide bonds. The fourth-order valence-corrected chi connectivity index (χ4v) is 3.99. The van der Waals surface area contributed by atoms with E-state index in [1.807, 2.05) is 12.4 Å². The molecule has 0 aliphatic heterocycles. The van der Waals surface area contributed by atoms with Crippen LogP contribution in [0.2, 0.25) is 0 Å². The molecule has 2 heteroatoms. The van der Waals surface area contributed by atoms with E-state index in [9.17, 15) is 0 Å². The number of nitrogens with one attached hydrogen (secondary N) is 1. The van der Waals surface area contributed by atoms with Gasteiger partial charge in [0.2, 0.25) is 0 Å². The molecule has 2 aliphatic rings. The van der Waals surface area contributed by atoms with Crippen molar-refractivity contribution < 1.29 is 0 Å². The highest BCUT2D eigenvalue weighted by molar-refractivity contribution is 5.31. The Morgan fingerprint density at radius 2 is 1.79 bits per heavy atom. The van der Waals surface area contributed by atoms with Gasteiger partial charge in [0.25, 0.3) is 0 Å². The van der Waals surface area contributed by atoms with Crippen molar-refractivity contribution in [3.8, 4) is 0 Å². The second-order valence-electron chi connectivity index (χ2n) is 7.83. The summed E-state index contributed by atoms with van der Waals surface area (Å²) in [6.45, 7) is 7.86. The highest BCUT2D eigenvalue weighted by Gasteiger charge is 2.57. The third kappa shape index (κ3) is 2.43. The number of hydrogen-bond acceptors (Lipinski definition) is 2. The molecule has 0 radical (unpaired) electrons. The fraction of sp³-hybridized carbons (Fsp3) is 0.706. The predicted octanol–water partition coefficient (Wildman–Crippen LogP) is 3.67. The lowest BCUT2D eigenvalue weighted by atomic mass is 9.43. The first-order valence-corrected chi connectivity index (χ1v) is 7.59. The van der Waals surface area contributed by atoms with E-state index < -0.39 is 0 Å². The summed E-state index contributed by atoms with van der Waals surface area (Å²) in [4.78, 5) is 4.18. The lowest BCUT2D eigenvalue weighted by Crippen LogP contribution is -2.59. The molecule has 2 aliphatic carbocycles.